The summed E-state index contributed by atoms with van der Waals surface area (Å²) in [5.74, 6) is 1.54. The molecule has 0 aromatic heterocycles. The van der Waals surface area contributed by atoms with Gasteiger partial charge in [0.2, 0.25) is 0 Å². The average Bonchev–Trinajstić information content (AvgIpc) is 2.46. The summed E-state index contributed by atoms with van der Waals surface area (Å²) in [6, 6.07) is 5.28. The van der Waals surface area contributed by atoms with E-state index in [4.69, 9.17) is 18.8 Å². The molecule has 1 rings (SSSR count). The Morgan fingerprint density at radius 3 is 1.64 bits per heavy atom. The van der Waals surface area contributed by atoms with Crippen LogP contribution in [0, 0.1) is 0 Å². The molecule has 0 fully saturated rings. The molecule has 0 aliphatic carbocycles. The summed E-state index contributed by atoms with van der Waals surface area (Å²) < 4.78 is 46.6. The maximum Gasteiger partial charge on any atom is 0.264 e. The molecule has 0 heterocycles. The maximum atomic E-state index is 10.6. The van der Waals surface area contributed by atoms with Crippen LogP contribution in [0.4, 0.5) is 0 Å². The standard InChI is InChI=1S/C15H24O6S/c1-3-6-19-13-10-14(20-7-4-2)12-15(11-13)21-8-5-9-22(16,17)18/h10-12H,3-9H2,1-2H3,(H,16,17,18). The second kappa shape index (κ2) is 9.53. The molecule has 1 aromatic carbocycles. The molecular weight excluding hydrogens is 308 g/mol. The van der Waals surface area contributed by atoms with Crippen LogP contribution < -0.4 is 14.2 Å². The normalized spacial score (nSPS) is 11.2. The Hall–Kier alpha value is -1.47. The van der Waals surface area contributed by atoms with Crippen LogP contribution in [0.1, 0.15) is 33.1 Å². The van der Waals surface area contributed by atoms with Crippen molar-refractivity contribution in [2.24, 2.45) is 0 Å². The molecule has 0 spiro atoms. The van der Waals surface area contributed by atoms with Crippen LogP contribution in [0.5, 0.6) is 17.2 Å². The van der Waals surface area contributed by atoms with E-state index in [-0.39, 0.29) is 18.8 Å². The predicted molar refractivity (Wildman–Crippen MR) is 84.5 cm³/mol. The summed E-state index contributed by atoms with van der Waals surface area (Å²) in [5.41, 5.74) is 0. The molecule has 0 saturated carbocycles. The van der Waals surface area contributed by atoms with Crippen molar-refractivity contribution in [2.75, 3.05) is 25.6 Å². The molecule has 0 amide bonds. The van der Waals surface area contributed by atoms with Crippen molar-refractivity contribution >= 4 is 10.1 Å². The van der Waals surface area contributed by atoms with Gasteiger partial charge in [-0.25, -0.2) is 0 Å². The van der Waals surface area contributed by atoms with Crippen molar-refractivity contribution in [3.05, 3.63) is 18.2 Å². The molecule has 126 valence electrons. The average molecular weight is 332 g/mol. The molecule has 0 aliphatic rings. The zero-order valence-electron chi connectivity index (χ0n) is 13.1. The zero-order chi connectivity index (χ0) is 16.4. The van der Waals surface area contributed by atoms with Crippen molar-refractivity contribution in [2.45, 2.75) is 33.1 Å². The fourth-order valence-electron chi connectivity index (χ4n) is 1.67. The van der Waals surface area contributed by atoms with E-state index in [0.29, 0.717) is 30.5 Å². The van der Waals surface area contributed by atoms with E-state index < -0.39 is 10.1 Å². The molecule has 0 atom stereocenters. The third-order valence-corrected chi connectivity index (χ3v) is 3.42. The summed E-state index contributed by atoms with van der Waals surface area (Å²) in [6.07, 6.45) is 2.00. The van der Waals surface area contributed by atoms with Crippen molar-refractivity contribution in [1.82, 2.24) is 0 Å². The lowest BCUT2D eigenvalue weighted by Gasteiger charge is -2.12. The summed E-state index contributed by atoms with van der Waals surface area (Å²) in [6.45, 7) is 5.41. The van der Waals surface area contributed by atoms with Crippen molar-refractivity contribution in [1.29, 1.82) is 0 Å². The summed E-state index contributed by atoms with van der Waals surface area (Å²) >= 11 is 0. The minimum atomic E-state index is -3.95. The van der Waals surface area contributed by atoms with Gasteiger partial charge < -0.3 is 14.2 Å². The van der Waals surface area contributed by atoms with Gasteiger partial charge in [0, 0.05) is 18.2 Å². The highest BCUT2D eigenvalue weighted by Crippen LogP contribution is 2.28. The fraction of sp³-hybridized carbons (Fsp3) is 0.600. The Kier molecular flexibility index (Phi) is 8.05. The fourth-order valence-corrected chi connectivity index (χ4v) is 2.15. The Morgan fingerprint density at radius 2 is 1.27 bits per heavy atom. The van der Waals surface area contributed by atoms with Gasteiger partial charge in [0.25, 0.3) is 10.1 Å². The summed E-state index contributed by atoms with van der Waals surface area (Å²) in [5, 5.41) is 0. The van der Waals surface area contributed by atoms with Gasteiger partial charge in [-0.15, -0.1) is 0 Å². The third kappa shape index (κ3) is 8.09. The van der Waals surface area contributed by atoms with Crippen LogP contribution in [0.15, 0.2) is 18.2 Å². The molecule has 0 aliphatic heterocycles. The Balaban J connectivity index is 2.65. The van der Waals surface area contributed by atoms with Crippen molar-refractivity contribution < 1.29 is 27.2 Å². The lowest BCUT2D eigenvalue weighted by Crippen LogP contribution is -2.08. The molecule has 1 aromatic rings. The van der Waals surface area contributed by atoms with Gasteiger partial charge in [0.15, 0.2) is 0 Å². The Morgan fingerprint density at radius 1 is 0.864 bits per heavy atom. The zero-order valence-corrected chi connectivity index (χ0v) is 13.9. The number of hydrogen-bond acceptors (Lipinski definition) is 5. The van der Waals surface area contributed by atoms with Crippen LogP contribution in [0.3, 0.4) is 0 Å². The van der Waals surface area contributed by atoms with Gasteiger partial charge >= 0.3 is 0 Å². The van der Waals surface area contributed by atoms with Gasteiger partial charge in [-0.2, -0.15) is 8.42 Å². The number of hydrogen-bond donors (Lipinski definition) is 1. The second-order valence-electron chi connectivity index (χ2n) is 4.83. The van der Waals surface area contributed by atoms with Crippen LogP contribution >= 0.6 is 0 Å². The molecule has 0 bridgehead atoms. The van der Waals surface area contributed by atoms with Crippen LogP contribution in [0.2, 0.25) is 0 Å². The highest BCUT2D eigenvalue weighted by molar-refractivity contribution is 7.85. The minimum Gasteiger partial charge on any atom is -0.493 e. The predicted octanol–water partition coefficient (Wildman–Crippen LogP) is 2.92. The Bertz CT molecular complexity index is 515. The molecule has 22 heavy (non-hydrogen) atoms. The second-order valence-corrected chi connectivity index (χ2v) is 6.40. The first-order chi connectivity index (χ1) is 10.4. The van der Waals surface area contributed by atoms with Crippen LogP contribution in [-0.4, -0.2) is 38.5 Å². The first-order valence-corrected chi connectivity index (χ1v) is 9.04. The van der Waals surface area contributed by atoms with Gasteiger partial charge in [-0.05, 0) is 19.3 Å². The minimum absolute atomic E-state index is 0.185. The maximum absolute atomic E-state index is 10.6. The first kappa shape index (κ1) is 18.6. The van der Waals surface area contributed by atoms with Crippen LogP contribution in [0.25, 0.3) is 0 Å². The summed E-state index contributed by atoms with van der Waals surface area (Å²) in [7, 11) is -3.95. The van der Waals surface area contributed by atoms with Gasteiger partial charge in [0.1, 0.15) is 17.2 Å². The van der Waals surface area contributed by atoms with E-state index in [0.717, 1.165) is 12.8 Å². The first-order valence-electron chi connectivity index (χ1n) is 7.43. The highest BCUT2D eigenvalue weighted by atomic mass is 32.2. The Labute approximate surface area is 132 Å². The molecule has 0 radical (unpaired) electrons. The van der Waals surface area contributed by atoms with Crippen molar-refractivity contribution in [3.8, 4) is 17.2 Å². The molecule has 0 unspecified atom stereocenters. The topological polar surface area (TPSA) is 82.1 Å². The molecule has 0 saturated heterocycles. The monoisotopic (exact) mass is 332 g/mol. The molecule has 7 heteroatoms. The third-order valence-electron chi connectivity index (χ3n) is 2.61. The van der Waals surface area contributed by atoms with E-state index >= 15 is 0 Å². The quantitative estimate of drug-likeness (QED) is 0.495. The van der Waals surface area contributed by atoms with Gasteiger partial charge in [0.05, 0.1) is 25.6 Å². The van der Waals surface area contributed by atoms with E-state index in [1.54, 1.807) is 18.2 Å². The largest absolute Gasteiger partial charge is 0.493 e. The van der Waals surface area contributed by atoms with Gasteiger partial charge in [-0.1, -0.05) is 13.8 Å². The van der Waals surface area contributed by atoms with E-state index in [9.17, 15) is 8.42 Å². The van der Waals surface area contributed by atoms with E-state index in [1.807, 2.05) is 13.8 Å². The van der Waals surface area contributed by atoms with E-state index in [2.05, 4.69) is 0 Å². The molecule has 1 N–H and O–H groups in total. The van der Waals surface area contributed by atoms with Crippen molar-refractivity contribution in [3.63, 3.8) is 0 Å². The SMILES string of the molecule is CCCOc1cc(OCCC)cc(OCCCS(=O)(=O)O)c1. The van der Waals surface area contributed by atoms with Gasteiger partial charge in [-0.3, -0.25) is 4.55 Å². The molecular formula is C15H24O6S. The smallest absolute Gasteiger partial charge is 0.264 e. The summed E-state index contributed by atoms with van der Waals surface area (Å²) in [4.78, 5) is 0. The highest BCUT2D eigenvalue weighted by Gasteiger charge is 2.07. The van der Waals surface area contributed by atoms with E-state index in [1.165, 1.54) is 0 Å². The number of ether oxygens (including phenoxy) is 3. The molecule has 6 nitrogen and oxygen atoms in total. The lowest BCUT2D eigenvalue weighted by atomic mass is 10.3. The number of benzene rings is 1. The number of rotatable bonds is 11. The lowest BCUT2D eigenvalue weighted by molar-refractivity contribution is 0.286. The van der Waals surface area contributed by atoms with Crippen LogP contribution in [-0.2, 0) is 10.1 Å².